The van der Waals surface area contributed by atoms with Gasteiger partial charge >= 0.3 is 0 Å². The summed E-state index contributed by atoms with van der Waals surface area (Å²) < 4.78 is 32.6. The summed E-state index contributed by atoms with van der Waals surface area (Å²) in [5.74, 6) is 0.732. The van der Waals surface area contributed by atoms with Crippen LogP contribution in [-0.2, 0) is 10.0 Å². The highest BCUT2D eigenvalue weighted by atomic mass is 32.2. The minimum absolute atomic E-state index is 0.0311. The van der Waals surface area contributed by atoms with Gasteiger partial charge in [0.1, 0.15) is 0 Å². The van der Waals surface area contributed by atoms with E-state index in [0.29, 0.717) is 24.7 Å². The van der Waals surface area contributed by atoms with Crippen molar-refractivity contribution >= 4 is 27.0 Å². The van der Waals surface area contributed by atoms with Gasteiger partial charge in [0.25, 0.3) is 5.69 Å². The number of nitro groups is 1. The van der Waals surface area contributed by atoms with Crippen LogP contribution in [0.15, 0.2) is 51.2 Å². The lowest BCUT2D eigenvalue weighted by Gasteiger charge is -2.30. The molecule has 1 aliphatic heterocycles. The highest BCUT2D eigenvalue weighted by molar-refractivity contribution is 7.89. The van der Waals surface area contributed by atoms with Crippen LogP contribution in [0.25, 0.3) is 10.7 Å². The quantitative estimate of drug-likeness (QED) is 0.459. The maximum absolute atomic E-state index is 12.9. The fraction of sp³-hybridized carbons (Fsp3) is 0.294. The Morgan fingerprint density at radius 1 is 1.25 bits per heavy atom. The molecule has 146 valence electrons. The molecule has 0 amide bonds. The summed E-state index contributed by atoms with van der Waals surface area (Å²) in [4.78, 5) is 15.6. The van der Waals surface area contributed by atoms with E-state index >= 15 is 0 Å². The van der Waals surface area contributed by atoms with Crippen molar-refractivity contribution < 1.29 is 17.9 Å². The van der Waals surface area contributed by atoms with Gasteiger partial charge in [-0.05, 0) is 36.4 Å². The maximum Gasteiger partial charge on any atom is 0.269 e. The molecule has 0 aliphatic carbocycles. The van der Waals surface area contributed by atoms with Gasteiger partial charge in [0.15, 0.2) is 0 Å². The second-order valence-corrected chi connectivity index (χ2v) is 9.27. The van der Waals surface area contributed by atoms with Crippen LogP contribution in [0.4, 0.5) is 5.69 Å². The van der Waals surface area contributed by atoms with Crippen LogP contribution >= 0.6 is 11.3 Å². The number of non-ortho nitro benzene ring substituents is 1. The minimum Gasteiger partial charge on any atom is -0.339 e. The fourth-order valence-corrected chi connectivity index (χ4v) is 5.33. The predicted octanol–water partition coefficient (Wildman–Crippen LogP) is 3.27. The molecule has 9 nitrogen and oxygen atoms in total. The van der Waals surface area contributed by atoms with Crippen LogP contribution in [-0.4, -0.2) is 40.9 Å². The first-order valence-corrected chi connectivity index (χ1v) is 10.9. The molecule has 0 saturated carbocycles. The lowest BCUT2D eigenvalue weighted by atomic mass is 10.00. The second-order valence-electron chi connectivity index (χ2n) is 6.39. The molecule has 0 unspecified atom stereocenters. The zero-order chi connectivity index (χ0) is 19.7. The number of rotatable bonds is 5. The van der Waals surface area contributed by atoms with Gasteiger partial charge in [-0.25, -0.2) is 8.42 Å². The van der Waals surface area contributed by atoms with Gasteiger partial charge in [-0.3, -0.25) is 10.1 Å². The third-order valence-electron chi connectivity index (χ3n) is 4.60. The Morgan fingerprint density at radius 2 is 2.04 bits per heavy atom. The van der Waals surface area contributed by atoms with E-state index in [4.69, 9.17) is 4.52 Å². The molecule has 1 saturated heterocycles. The molecule has 3 heterocycles. The van der Waals surface area contributed by atoms with Crippen LogP contribution in [0.3, 0.4) is 0 Å². The molecular formula is C17H16N4O5S2. The van der Waals surface area contributed by atoms with Crippen LogP contribution in [0.5, 0.6) is 0 Å². The smallest absolute Gasteiger partial charge is 0.269 e. The van der Waals surface area contributed by atoms with Gasteiger partial charge in [0.2, 0.25) is 21.7 Å². The van der Waals surface area contributed by atoms with E-state index in [9.17, 15) is 18.5 Å². The van der Waals surface area contributed by atoms with Gasteiger partial charge in [-0.2, -0.15) is 9.29 Å². The first-order chi connectivity index (χ1) is 13.4. The predicted molar refractivity (Wildman–Crippen MR) is 101 cm³/mol. The fourth-order valence-electron chi connectivity index (χ4n) is 3.16. The topological polar surface area (TPSA) is 119 Å². The zero-order valence-electron chi connectivity index (χ0n) is 14.6. The molecule has 1 atom stereocenters. The first kappa shape index (κ1) is 18.7. The number of sulfonamides is 1. The van der Waals surface area contributed by atoms with E-state index in [1.807, 2.05) is 17.5 Å². The normalized spacial score (nSPS) is 18.2. The third kappa shape index (κ3) is 3.55. The van der Waals surface area contributed by atoms with E-state index < -0.39 is 14.9 Å². The standard InChI is InChI=1S/C17H16N4O5S2/c22-21(23)13-5-7-14(8-6-13)28(24,25)20-9-1-3-12(11-20)17-18-16(19-26-17)15-4-2-10-27-15/h2,4-8,10,12H,1,3,9,11H2/t12-/m1/s1. The number of piperidine rings is 1. The summed E-state index contributed by atoms with van der Waals surface area (Å²) >= 11 is 1.50. The van der Waals surface area contributed by atoms with Gasteiger partial charge < -0.3 is 4.52 Å². The largest absolute Gasteiger partial charge is 0.339 e. The van der Waals surface area contributed by atoms with Crippen molar-refractivity contribution in [2.24, 2.45) is 0 Å². The Hall–Kier alpha value is -2.63. The SMILES string of the molecule is O=[N+]([O-])c1ccc(S(=O)(=O)N2CCC[C@@H](c3nc(-c4cccs4)no3)C2)cc1. The van der Waals surface area contributed by atoms with Gasteiger partial charge in [0, 0.05) is 25.2 Å². The van der Waals surface area contributed by atoms with Crippen LogP contribution in [0.2, 0.25) is 0 Å². The summed E-state index contributed by atoms with van der Waals surface area (Å²) in [6.07, 6.45) is 1.41. The summed E-state index contributed by atoms with van der Waals surface area (Å²) in [5, 5.41) is 16.7. The van der Waals surface area contributed by atoms with E-state index in [2.05, 4.69) is 10.1 Å². The van der Waals surface area contributed by atoms with Crippen LogP contribution in [0, 0.1) is 10.1 Å². The molecule has 28 heavy (non-hydrogen) atoms. The number of nitrogens with zero attached hydrogens (tertiary/aromatic N) is 4. The zero-order valence-corrected chi connectivity index (χ0v) is 16.2. The molecule has 0 N–H and O–H groups in total. The Morgan fingerprint density at radius 3 is 2.71 bits per heavy atom. The van der Waals surface area contributed by atoms with E-state index in [1.54, 1.807) is 0 Å². The van der Waals surface area contributed by atoms with Crippen molar-refractivity contribution in [3.05, 3.63) is 57.8 Å². The van der Waals surface area contributed by atoms with Crippen molar-refractivity contribution in [2.45, 2.75) is 23.7 Å². The molecule has 1 aliphatic rings. The number of hydrogen-bond acceptors (Lipinski definition) is 8. The van der Waals surface area contributed by atoms with Crippen molar-refractivity contribution in [3.63, 3.8) is 0 Å². The van der Waals surface area contributed by atoms with Crippen LogP contribution in [0.1, 0.15) is 24.7 Å². The second kappa shape index (κ2) is 7.41. The third-order valence-corrected chi connectivity index (χ3v) is 7.35. The molecule has 11 heteroatoms. The summed E-state index contributed by atoms with van der Waals surface area (Å²) in [6.45, 7) is 0.604. The number of thiophene rings is 1. The lowest BCUT2D eigenvalue weighted by molar-refractivity contribution is -0.384. The lowest BCUT2D eigenvalue weighted by Crippen LogP contribution is -2.39. The van der Waals surface area contributed by atoms with E-state index in [1.165, 1.54) is 39.9 Å². The maximum atomic E-state index is 12.9. The Labute approximate surface area is 164 Å². The van der Waals surface area contributed by atoms with Crippen molar-refractivity contribution in [3.8, 4) is 10.7 Å². The Balaban J connectivity index is 1.54. The minimum atomic E-state index is -3.76. The summed E-state index contributed by atoms with van der Waals surface area (Å²) in [6, 6.07) is 8.71. The molecule has 0 radical (unpaired) electrons. The van der Waals surface area contributed by atoms with Gasteiger partial charge in [-0.1, -0.05) is 11.2 Å². The monoisotopic (exact) mass is 420 g/mol. The Kier molecular flexibility index (Phi) is 4.96. The molecule has 1 aromatic carbocycles. The molecule has 3 aromatic rings. The first-order valence-electron chi connectivity index (χ1n) is 8.57. The summed E-state index contributed by atoms with van der Waals surface area (Å²) in [5.41, 5.74) is -0.151. The number of hydrogen-bond donors (Lipinski definition) is 0. The van der Waals surface area contributed by atoms with E-state index in [0.717, 1.165) is 11.3 Å². The van der Waals surface area contributed by atoms with Gasteiger partial charge in [-0.15, -0.1) is 11.3 Å². The van der Waals surface area contributed by atoms with Crippen molar-refractivity contribution in [2.75, 3.05) is 13.1 Å². The average molecular weight is 420 g/mol. The molecule has 0 bridgehead atoms. The molecular weight excluding hydrogens is 404 g/mol. The Bertz CT molecular complexity index is 1080. The van der Waals surface area contributed by atoms with Crippen molar-refractivity contribution in [1.82, 2.24) is 14.4 Å². The average Bonchev–Trinajstić information content (AvgIpc) is 3.40. The summed E-state index contributed by atoms with van der Waals surface area (Å²) in [7, 11) is -3.76. The van der Waals surface area contributed by atoms with Crippen LogP contribution < -0.4 is 0 Å². The molecule has 4 rings (SSSR count). The molecule has 1 fully saturated rings. The highest BCUT2D eigenvalue weighted by Crippen LogP contribution is 2.31. The number of nitro benzene ring substituents is 1. The highest BCUT2D eigenvalue weighted by Gasteiger charge is 2.33. The number of aromatic nitrogens is 2. The number of benzene rings is 1. The van der Waals surface area contributed by atoms with E-state index in [-0.39, 0.29) is 23.0 Å². The molecule has 0 spiro atoms. The molecule has 2 aromatic heterocycles. The van der Waals surface area contributed by atoms with Crippen molar-refractivity contribution in [1.29, 1.82) is 0 Å². The van der Waals surface area contributed by atoms with Gasteiger partial charge in [0.05, 0.1) is 20.6 Å².